The maximum Gasteiger partial charge on any atom is 0.208 e. The van der Waals surface area contributed by atoms with E-state index in [1.807, 2.05) is 48.5 Å². The molecule has 1 aliphatic heterocycles. The third kappa shape index (κ3) is 5.84. The molecule has 1 saturated heterocycles. The number of halogens is 1. The van der Waals surface area contributed by atoms with Crippen LogP contribution in [0.4, 0.5) is 11.6 Å². The van der Waals surface area contributed by atoms with Crippen molar-refractivity contribution in [3.05, 3.63) is 83.4 Å². The van der Waals surface area contributed by atoms with Gasteiger partial charge in [-0.05, 0) is 106 Å². The predicted molar refractivity (Wildman–Crippen MR) is 149 cm³/mol. The van der Waals surface area contributed by atoms with Crippen LogP contribution in [0.25, 0.3) is 16.7 Å². The maximum atomic E-state index is 9.60. The summed E-state index contributed by atoms with van der Waals surface area (Å²) in [7, 11) is 0. The lowest BCUT2D eigenvalue weighted by Crippen LogP contribution is -2.34. The molecule has 1 fully saturated rings. The third-order valence-electron chi connectivity index (χ3n) is 6.90. The fraction of sp³-hybridized carbons (Fsp3) is 0.345. The number of aromatic nitrogens is 2. The average molecular weight is 504 g/mol. The average Bonchev–Trinajstić information content (AvgIpc) is 3.25. The standard InChI is InChI=1S/C29H34ClN5O/c1-21(36)32-25-7-4-6-23(20-25)22-14-18-34(19-15-22)17-5-16-31-29-33-27-8-2-3-9-28(27)35(29)26-12-10-24(30)11-13-26/h2-4,6-13,20-22,32,36H,5,14-19H2,1H3,(H,31,33). The third-order valence-corrected chi connectivity index (χ3v) is 7.15. The van der Waals surface area contributed by atoms with Crippen LogP contribution in [0.15, 0.2) is 72.8 Å². The van der Waals surface area contributed by atoms with Crippen LogP contribution in [0.2, 0.25) is 5.02 Å². The fourth-order valence-corrected chi connectivity index (χ4v) is 5.24. The van der Waals surface area contributed by atoms with E-state index in [0.29, 0.717) is 5.92 Å². The van der Waals surface area contributed by atoms with E-state index in [-0.39, 0.29) is 0 Å². The molecule has 0 amide bonds. The molecule has 6 nitrogen and oxygen atoms in total. The number of piperidine rings is 1. The lowest BCUT2D eigenvalue weighted by molar-refractivity contribution is 0.212. The van der Waals surface area contributed by atoms with Crippen molar-refractivity contribution in [1.82, 2.24) is 14.5 Å². The SMILES string of the molecule is CC(O)Nc1cccc(C2CCN(CCCNc3nc4ccccc4n3-c3ccc(Cl)cc3)CC2)c1. The predicted octanol–water partition coefficient (Wildman–Crippen LogP) is 6.11. The molecule has 3 aromatic carbocycles. The number of aliphatic hydroxyl groups is 1. The van der Waals surface area contributed by atoms with Gasteiger partial charge < -0.3 is 20.6 Å². The Morgan fingerprint density at radius 3 is 2.58 bits per heavy atom. The molecule has 0 spiro atoms. The first kappa shape index (κ1) is 24.6. The molecule has 4 aromatic rings. The van der Waals surface area contributed by atoms with Crippen LogP contribution in [-0.2, 0) is 0 Å². The van der Waals surface area contributed by atoms with Gasteiger partial charge in [-0.15, -0.1) is 0 Å². The van der Waals surface area contributed by atoms with Gasteiger partial charge in [-0.25, -0.2) is 4.98 Å². The number of nitrogens with zero attached hydrogens (tertiary/aromatic N) is 3. The quantitative estimate of drug-likeness (QED) is 0.190. The van der Waals surface area contributed by atoms with Gasteiger partial charge in [0.1, 0.15) is 6.23 Å². The van der Waals surface area contributed by atoms with Crippen molar-refractivity contribution in [3.63, 3.8) is 0 Å². The van der Waals surface area contributed by atoms with Gasteiger partial charge in [0.25, 0.3) is 0 Å². The Morgan fingerprint density at radius 2 is 1.81 bits per heavy atom. The summed E-state index contributed by atoms with van der Waals surface area (Å²) in [5.41, 5.74) is 5.45. The molecule has 0 bridgehead atoms. The van der Waals surface area contributed by atoms with Gasteiger partial charge in [0.15, 0.2) is 0 Å². The number of likely N-dealkylation sites (tertiary alicyclic amines) is 1. The Kier molecular flexibility index (Phi) is 7.75. The van der Waals surface area contributed by atoms with E-state index in [1.54, 1.807) is 6.92 Å². The number of anilines is 2. The highest BCUT2D eigenvalue weighted by Gasteiger charge is 2.21. The largest absolute Gasteiger partial charge is 0.374 e. The smallest absolute Gasteiger partial charge is 0.208 e. The van der Waals surface area contributed by atoms with Gasteiger partial charge in [0, 0.05) is 22.9 Å². The van der Waals surface area contributed by atoms with Gasteiger partial charge in [-0.3, -0.25) is 4.57 Å². The van der Waals surface area contributed by atoms with Crippen LogP contribution in [0.3, 0.4) is 0 Å². The number of aliphatic hydroxyl groups excluding tert-OH is 1. The zero-order valence-corrected chi connectivity index (χ0v) is 21.5. The van der Waals surface area contributed by atoms with Crippen LogP contribution < -0.4 is 10.6 Å². The van der Waals surface area contributed by atoms with Crippen molar-refractivity contribution in [2.45, 2.75) is 38.3 Å². The Hall–Kier alpha value is -3.06. The Balaban J connectivity index is 1.15. The summed E-state index contributed by atoms with van der Waals surface area (Å²) < 4.78 is 2.16. The molecule has 188 valence electrons. The molecule has 1 unspecified atom stereocenters. The van der Waals surface area contributed by atoms with Crippen LogP contribution in [0.5, 0.6) is 0 Å². The molecule has 7 heteroatoms. The van der Waals surface area contributed by atoms with Crippen molar-refractivity contribution >= 4 is 34.3 Å². The number of benzene rings is 3. The van der Waals surface area contributed by atoms with Crippen molar-refractivity contribution in [2.75, 3.05) is 36.8 Å². The number of rotatable bonds is 9. The summed E-state index contributed by atoms with van der Waals surface area (Å²) in [5.74, 6) is 1.44. The van der Waals surface area contributed by atoms with Crippen LogP contribution in [0, 0.1) is 0 Å². The second-order valence-electron chi connectivity index (χ2n) is 9.58. The van der Waals surface area contributed by atoms with E-state index in [9.17, 15) is 5.11 Å². The lowest BCUT2D eigenvalue weighted by Gasteiger charge is -2.32. The van der Waals surface area contributed by atoms with E-state index in [4.69, 9.17) is 16.6 Å². The van der Waals surface area contributed by atoms with Gasteiger partial charge in [-0.1, -0.05) is 35.9 Å². The molecule has 0 saturated carbocycles. The Morgan fingerprint density at radius 1 is 1.03 bits per heavy atom. The number of fused-ring (bicyclic) bond motifs is 1. The zero-order valence-electron chi connectivity index (χ0n) is 20.7. The first-order valence-corrected chi connectivity index (χ1v) is 13.2. The minimum absolute atomic E-state index is 0.543. The molecule has 3 N–H and O–H groups in total. The number of nitrogens with one attached hydrogen (secondary N) is 2. The summed E-state index contributed by atoms with van der Waals surface area (Å²) in [5, 5.41) is 17.0. The lowest BCUT2D eigenvalue weighted by atomic mass is 9.89. The van der Waals surface area contributed by atoms with Gasteiger partial charge in [0.05, 0.1) is 11.0 Å². The molecular formula is C29H34ClN5O. The first-order chi connectivity index (χ1) is 17.6. The van der Waals surface area contributed by atoms with E-state index in [1.165, 1.54) is 5.56 Å². The van der Waals surface area contributed by atoms with Crippen molar-refractivity contribution in [2.24, 2.45) is 0 Å². The van der Waals surface area contributed by atoms with Gasteiger partial charge in [0.2, 0.25) is 5.95 Å². The second kappa shape index (κ2) is 11.3. The topological polar surface area (TPSA) is 65.3 Å². The van der Waals surface area contributed by atoms with E-state index in [0.717, 1.165) is 78.8 Å². The fourth-order valence-electron chi connectivity index (χ4n) is 5.11. The number of imidazole rings is 1. The molecule has 1 aromatic heterocycles. The van der Waals surface area contributed by atoms with E-state index in [2.05, 4.69) is 44.4 Å². The zero-order chi connectivity index (χ0) is 24.9. The second-order valence-corrected chi connectivity index (χ2v) is 10.0. The summed E-state index contributed by atoms with van der Waals surface area (Å²) in [6.45, 7) is 5.91. The highest BCUT2D eigenvalue weighted by atomic mass is 35.5. The van der Waals surface area contributed by atoms with Gasteiger partial charge in [-0.2, -0.15) is 0 Å². The van der Waals surface area contributed by atoms with Crippen LogP contribution >= 0.6 is 11.6 Å². The molecule has 2 heterocycles. The molecule has 1 atom stereocenters. The van der Waals surface area contributed by atoms with Crippen LogP contribution in [-0.4, -0.2) is 52.0 Å². The summed E-state index contributed by atoms with van der Waals surface area (Å²) in [4.78, 5) is 7.42. The monoisotopic (exact) mass is 503 g/mol. The Bertz CT molecular complexity index is 1280. The van der Waals surface area contributed by atoms with Crippen molar-refractivity contribution < 1.29 is 5.11 Å². The molecule has 36 heavy (non-hydrogen) atoms. The van der Waals surface area contributed by atoms with Crippen molar-refractivity contribution in [1.29, 1.82) is 0 Å². The van der Waals surface area contributed by atoms with E-state index >= 15 is 0 Å². The molecule has 0 aliphatic carbocycles. The summed E-state index contributed by atoms with van der Waals surface area (Å²) in [6.07, 6.45) is 2.84. The molecule has 5 rings (SSSR count). The number of hydrogen-bond acceptors (Lipinski definition) is 5. The number of para-hydroxylation sites is 2. The normalized spacial score (nSPS) is 15.8. The number of hydrogen-bond donors (Lipinski definition) is 3. The van der Waals surface area contributed by atoms with Gasteiger partial charge >= 0.3 is 0 Å². The van der Waals surface area contributed by atoms with E-state index < -0.39 is 6.23 Å². The minimum Gasteiger partial charge on any atom is -0.374 e. The summed E-state index contributed by atoms with van der Waals surface area (Å²) >= 11 is 6.12. The van der Waals surface area contributed by atoms with Crippen LogP contribution in [0.1, 0.15) is 37.7 Å². The highest BCUT2D eigenvalue weighted by molar-refractivity contribution is 6.30. The maximum absolute atomic E-state index is 9.60. The molecular weight excluding hydrogens is 470 g/mol. The molecule has 0 radical (unpaired) electrons. The highest BCUT2D eigenvalue weighted by Crippen LogP contribution is 2.30. The Labute approximate surface area is 217 Å². The first-order valence-electron chi connectivity index (χ1n) is 12.8. The van der Waals surface area contributed by atoms with Crippen molar-refractivity contribution in [3.8, 4) is 5.69 Å². The summed E-state index contributed by atoms with van der Waals surface area (Å²) in [6, 6.07) is 24.6. The molecule has 1 aliphatic rings. The minimum atomic E-state index is -0.543.